The molecule has 7 nitrogen and oxygen atoms in total. The van der Waals surface area contributed by atoms with Crippen molar-refractivity contribution in [1.82, 2.24) is 15.0 Å². The maximum atomic E-state index is 12.8. The van der Waals surface area contributed by atoms with E-state index in [0.29, 0.717) is 26.5 Å². The van der Waals surface area contributed by atoms with Crippen LogP contribution in [-0.4, -0.2) is 35.1 Å². The van der Waals surface area contributed by atoms with Crippen LogP contribution >= 0.6 is 22.7 Å². The summed E-state index contributed by atoms with van der Waals surface area (Å²) in [7, 11) is 3.13. The van der Waals surface area contributed by atoms with Crippen LogP contribution < -0.4 is 10.1 Å². The number of nitrogens with zero attached hydrogens (tertiary/aromatic N) is 3. The van der Waals surface area contributed by atoms with E-state index in [1.54, 1.807) is 14.2 Å². The van der Waals surface area contributed by atoms with Crippen LogP contribution in [0.25, 0.3) is 20.4 Å². The van der Waals surface area contributed by atoms with E-state index in [4.69, 9.17) is 9.47 Å². The van der Waals surface area contributed by atoms with Gasteiger partial charge in [-0.3, -0.25) is 10.1 Å². The van der Waals surface area contributed by atoms with Crippen LogP contribution in [0.3, 0.4) is 0 Å². The highest BCUT2D eigenvalue weighted by Crippen LogP contribution is 2.36. The van der Waals surface area contributed by atoms with Gasteiger partial charge in [-0.05, 0) is 24.6 Å². The van der Waals surface area contributed by atoms with Crippen molar-refractivity contribution in [3.63, 3.8) is 0 Å². The Bertz CT molecular complexity index is 1120. The molecule has 0 atom stereocenters. The van der Waals surface area contributed by atoms with Gasteiger partial charge >= 0.3 is 0 Å². The third-order valence-corrected chi connectivity index (χ3v) is 6.13. The van der Waals surface area contributed by atoms with Crippen molar-refractivity contribution in [3.8, 4) is 5.88 Å². The molecule has 1 amide bonds. The SMILES string of the molecule is COCc1nc(OC)c2c(C)c(C(=O)Nc3nc4ccccc4s3)sc2n1. The molecule has 138 valence electrons. The Morgan fingerprint density at radius 1 is 1.15 bits per heavy atom. The van der Waals surface area contributed by atoms with Gasteiger partial charge < -0.3 is 9.47 Å². The van der Waals surface area contributed by atoms with Gasteiger partial charge in [-0.25, -0.2) is 9.97 Å². The number of aryl methyl sites for hydroxylation is 1. The summed E-state index contributed by atoms with van der Waals surface area (Å²) in [5, 5.41) is 4.20. The standard InChI is InChI=1S/C18H16N4O3S2/c1-9-13-16(25-3)20-12(8-24-2)21-17(13)27-14(9)15(23)22-18-19-10-6-4-5-7-11(10)26-18/h4-7H,8H2,1-3H3,(H,19,22,23). The highest BCUT2D eigenvalue weighted by atomic mass is 32.1. The first kappa shape index (κ1) is 17.8. The summed E-state index contributed by atoms with van der Waals surface area (Å²) in [5.41, 5.74) is 1.65. The fourth-order valence-corrected chi connectivity index (χ4v) is 4.73. The van der Waals surface area contributed by atoms with Gasteiger partial charge in [0.2, 0.25) is 5.88 Å². The maximum absolute atomic E-state index is 12.8. The molecule has 0 fully saturated rings. The van der Waals surface area contributed by atoms with Gasteiger partial charge in [0.1, 0.15) is 11.4 Å². The number of methoxy groups -OCH3 is 2. The van der Waals surface area contributed by atoms with Crippen LogP contribution in [0.1, 0.15) is 21.1 Å². The van der Waals surface area contributed by atoms with E-state index in [9.17, 15) is 4.79 Å². The quantitative estimate of drug-likeness (QED) is 0.545. The molecular weight excluding hydrogens is 384 g/mol. The molecule has 0 radical (unpaired) electrons. The van der Waals surface area contributed by atoms with Gasteiger partial charge in [-0.1, -0.05) is 23.5 Å². The minimum absolute atomic E-state index is 0.218. The highest BCUT2D eigenvalue weighted by molar-refractivity contribution is 7.23. The number of nitrogens with one attached hydrogen (secondary N) is 1. The van der Waals surface area contributed by atoms with Crippen LogP contribution in [0, 0.1) is 6.92 Å². The molecule has 0 aliphatic carbocycles. The highest BCUT2D eigenvalue weighted by Gasteiger charge is 2.22. The molecule has 0 bridgehead atoms. The lowest BCUT2D eigenvalue weighted by molar-refractivity contribution is 0.103. The van der Waals surface area contributed by atoms with Gasteiger partial charge in [-0.2, -0.15) is 4.98 Å². The maximum Gasteiger partial charge on any atom is 0.267 e. The molecule has 4 aromatic rings. The number of ether oxygens (including phenoxy) is 2. The number of hydrogen-bond acceptors (Lipinski definition) is 8. The average Bonchev–Trinajstić information content (AvgIpc) is 3.21. The van der Waals surface area contributed by atoms with Crippen molar-refractivity contribution in [3.05, 3.63) is 40.5 Å². The molecule has 9 heteroatoms. The molecular formula is C18H16N4O3S2. The molecule has 0 aliphatic rings. The van der Waals surface area contributed by atoms with E-state index in [0.717, 1.165) is 21.2 Å². The van der Waals surface area contributed by atoms with Crippen LogP contribution in [0.2, 0.25) is 0 Å². The number of benzene rings is 1. The van der Waals surface area contributed by atoms with E-state index in [1.807, 2.05) is 31.2 Å². The minimum Gasteiger partial charge on any atom is -0.480 e. The van der Waals surface area contributed by atoms with Crippen molar-refractivity contribution >= 4 is 54.1 Å². The first-order chi connectivity index (χ1) is 13.1. The molecule has 4 rings (SSSR count). The Hall–Kier alpha value is -2.62. The first-order valence-electron chi connectivity index (χ1n) is 8.10. The number of fused-ring (bicyclic) bond motifs is 2. The Morgan fingerprint density at radius 2 is 1.96 bits per heavy atom. The van der Waals surface area contributed by atoms with Crippen LogP contribution in [-0.2, 0) is 11.3 Å². The van der Waals surface area contributed by atoms with Crippen LogP contribution in [0.4, 0.5) is 5.13 Å². The molecule has 0 spiro atoms. The molecule has 27 heavy (non-hydrogen) atoms. The summed E-state index contributed by atoms with van der Waals surface area (Å²) in [6.45, 7) is 2.14. The number of carbonyl (C=O) groups excluding carboxylic acids is 1. The minimum atomic E-state index is -0.218. The summed E-state index contributed by atoms with van der Waals surface area (Å²) >= 11 is 2.75. The van der Waals surface area contributed by atoms with Gasteiger partial charge in [0.15, 0.2) is 11.0 Å². The Kier molecular flexibility index (Phi) is 4.73. The number of thiazole rings is 1. The van der Waals surface area contributed by atoms with Crippen molar-refractivity contribution < 1.29 is 14.3 Å². The van der Waals surface area contributed by atoms with Crippen molar-refractivity contribution in [2.75, 3.05) is 19.5 Å². The predicted octanol–water partition coefficient (Wildman–Crippen LogP) is 4.02. The van der Waals surface area contributed by atoms with Crippen LogP contribution in [0.15, 0.2) is 24.3 Å². The molecule has 0 unspecified atom stereocenters. The fraction of sp³-hybridized carbons (Fsp3) is 0.222. The molecule has 0 saturated carbocycles. The predicted molar refractivity (Wildman–Crippen MR) is 107 cm³/mol. The zero-order valence-corrected chi connectivity index (χ0v) is 16.5. The van der Waals surface area contributed by atoms with E-state index in [1.165, 1.54) is 22.7 Å². The second-order valence-corrected chi connectivity index (χ2v) is 7.79. The number of rotatable bonds is 5. The second-order valence-electron chi connectivity index (χ2n) is 5.76. The van der Waals surface area contributed by atoms with E-state index < -0.39 is 0 Å². The molecule has 3 aromatic heterocycles. The van der Waals surface area contributed by atoms with Gasteiger partial charge in [0, 0.05) is 7.11 Å². The monoisotopic (exact) mass is 400 g/mol. The zero-order valence-electron chi connectivity index (χ0n) is 14.9. The number of amides is 1. The van der Waals surface area contributed by atoms with Crippen molar-refractivity contribution in [2.24, 2.45) is 0 Å². The molecule has 0 aliphatic heterocycles. The summed E-state index contributed by atoms with van der Waals surface area (Å²) in [5.74, 6) is 0.742. The molecule has 0 saturated heterocycles. The largest absolute Gasteiger partial charge is 0.480 e. The number of para-hydroxylation sites is 1. The topological polar surface area (TPSA) is 86.2 Å². The number of anilines is 1. The normalized spacial score (nSPS) is 11.2. The molecule has 1 N–H and O–H groups in total. The Balaban J connectivity index is 1.71. The molecule has 3 heterocycles. The van der Waals surface area contributed by atoms with E-state index in [2.05, 4.69) is 20.3 Å². The number of thiophene rings is 1. The third kappa shape index (κ3) is 3.25. The average molecular weight is 400 g/mol. The van der Waals surface area contributed by atoms with Crippen molar-refractivity contribution in [1.29, 1.82) is 0 Å². The number of aromatic nitrogens is 3. The lowest BCUT2D eigenvalue weighted by atomic mass is 10.2. The van der Waals surface area contributed by atoms with Crippen LogP contribution in [0.5, 0.6) is 5.88 Å². The van der Waals surface area contributed by atoms with Gasteiger partial charge in [0.25, 0.3) is 5.91 Å². The van der Waals surface area contributed by atoms with E-state index in [-0.39, 0.29) is 12.5 Å². The Labute approximate surface area is 163 Å². The third-order valence-electron chi connectivity index (χ3n) is 3.99. The summed E-state index contributed by atoms with van der Waals surface area (Å²) < 4.78 is 11.5. The molecule has 1 aromatic carbocycles. The number of carbonyl (C=O) groups is 1. The summed E-state index contributed by atoms with van der Waals surface area (Å²) in [6, 6.07) is 7.77. The fourth-order valence-electron chi connectivity index (χ4n) is 2.78. The lowest BCUT2D eigenvalue weighted by Crippen LogP contribution is -2.11. The smallest absolute Gasteiger partial charge is 0.267 e. The van der Waals surface area contributed by atoms with Crippen molar-refractivity contribution in [2.45, 2.75) is 13.5 Å². The second kappa shape index (κ2) is 7.18. The lowest BCUT2D eigenvalue weighted by Gasteiger charge is -2.05. The van der Waals surface area contributed by atoms with Gasteiger partial charge in [0.05, 0.1) is 27.6 Å². The van der Waals surface area contributed by atoms with E-state index >= 15 is 0 Å². The first-order valence-corrected chi connectivity index (χ1v) is 9.74. The zero-order chi connectivity index (χ0) is 19.0. The summed E-state index contributed by atoms with van der Waals surface area (Å²) in [4.78, 5) is 27.4. The van der Waals surface area contributed by atoms with Gasteiger partial charge in [-0.15, -0.1) is 11.3 Å². The summed E-state index contributed by atoms with van der Waals surface area (Å²) in [6.07, 6.45) is 0. The number of hydrogen-bond donors (Lipinski definition) is 1. The Morgan fingerprint density at radius 3 is 2.70 bits per heavy atom.